The van der Waals surface area contributed by atoms with Gasteiger partial charge in [-0.1, -0.05) is 31.4 Å². The standard InChI is InChI=1S/C13H18ClN5/c1-9-5-3-4-6-10(9)18(2)12-7-11(14)17-13-15-8-16-19(12)13/h7-10H,3-6H2,1-2H3. The van der Waals surface area contributed by atoms with Crippen molar-refractivity contribution in [3.05, 3.63) is 17.5 Å². The van der Waals surface area contributed by atoms with Gasteiger partial charge in [0.15, 0.2) is 0 Å². The minimum absolute atomic E-state index is 0.464. The van der Waals surface area contributed by atoms with Crippen LogP contribution in [0.1, 0.15) is 32.6 Å². The number of aromatic nitrogens is 4. The van der Waals surface area contributed by atoms with Crippen LogP contribution in [0.2, 0.25) is 5.15 Å². The van der Waals surface area contributed by atoms with Crippen LogP contribution >= 0.6 is 11.6 Å². The number of halogens is 1. The Morgan fingerprint density at radius 3 is 2.95 bits per heavy atom. The number of fused-ring (bicyclic) bond motifs is 1. The predicted molar refractivity (Wildman–Crippen MR) is 75.6 cm³/mol. The Labute approximate surface area is 117 Å². The van der Waals surface area contributed by atoms with Crippen molar-refractivity contribution >= 4 is 23.2 Å². The molecule has 0 bridgehead atoms. The molecule has 1 aliphatic rings. The molecule has 102 valence electrons. The molecule has 0 aliphatic heterocycles. The summed E-state index contributed by atoms with van der Waals surface area (Å²) in [5, 5.41) is 4.71. The molecule has 2 aromatic heterocycles. The van der Waals surface area contributed by atoms with Crippen molar-refractivity contribution in [2.75, 3.05) is 11.9 Å². The SMILES string of the molecule is CC1CCCCC1N(C)c1cc(Cl)nc2ncnn12. The van der Waals surface area contributed by atoms with Crippen LogP contribution in [0.25, 0.3) is 5.78 Å². The maximum atomic E-state index is 6.08. The van der Waals surface area contributed by atoms with Gasteiger partial charge < -0.3 is 4.90 Å². The molecule has 0 N–H and O–H groups in total. The molecule has 1 fully saturated rings. The smallest absolute Gasteiger partial charge is 0.255 e. The number of anilines is 1. The molecule has 2 unspecified atom stereocenters. The summed E-state index contributed by atoms with van der Waals surface area (Å²) in [4.78, 5) is 10.6. The molecular weight excluding hydrogens is 262 g/mol. The van der Waals surface area contributed by atoms with Crippen molar-refractivity contribution in [2.24, 2.45) is 5.92 Å². The van der Waals surface area contributed by atoms with Gasteiger partial charge in [-0.2, -0.15) is 19.6 Å². The third-order valence-electron chi connectivity index (χ3n) is 4.13. The topological polar surface area (TPSA) is 46.3 Å². The lowest BCUT2D eigenvalue weighted by atomic mass is 9.85. The van der Waals surface area contributed by atoms with Crippen LogP contribution in [-0.4, -0.2) is 32.7 Å². The molecule has 2 heterocycles. The van der Waals surface area contributed by atoms with Crippen LogP contribution in [0, 0.1) is 5.92 Å². The Morgan fingerprint density at radius 2 is 2.16 bits per heavy atom. The first-order chi connectivity index (χ1) is 9.16. The lowest BCUT2D eigenvalue weighted by Crippen LogP contribution is -2.40. The van der Waals surface area contributed by atoms with Crippen molar-refractivity contribution in [2.45, 2.75) is 38.6 Å². The highest BCUT2D eigenvalue weighted by Gasteiger charge is 2.26. The van der Waals surface area contributed by atoms with E-state index in [1.165, 1.54) is 32.0 Å². The molecule has 0 radical (unpaired) electrons. The van der Waals surface area contributed by atoms with Gasteiger partial charge in [-0.25, -0.2) is 0 Å². The normalized spacial score (nSPS) is 23.7. The molecule has 1 saturated carbocycles. The second-order valence-corrected chi connectivity index (χ2v) is 5.74. The van der Waals surface area contributed by atoms with Gasteiger partial charge in [0.05, 0.1) is 0 Å². The number of hydrogen-bond acceptors (Lipinski definition) is 4. The minimum Gasteiger partial charge on any atom is -0.356 e. The summed E-state index contributed by atoms with van der Waals surface area (Å²) in [6, 6.07) is 2.39. The number of hydrogen-bond donors (Lipinski definition) is 0. The molecule has 0 spiro atoms. The predicted octanol–water partition coefficient (Wildman–Crippen LogP) is 2.79. The summed E-state index contributed by atoms with van der Waals surface area (Å²) in [7, 11) is 2.11. The van der Waals surface area contributed by atoms with E-state index in [2.05, 4.69) is 33.9 Å². The summed E-state index contributed by atoms with van der Waals surface area (Å²) in [5.74, 6) is 2.20. The zero-order chi connectivity index (χ0) is 13.4. The van der Waals surface area contributed by atoms with Gasteiger partial charge in [0, 0.05) is 19.2 Å². The molecular formula is C13H18ClN5. The quantitative estimate of drug-likeness (QED) is 0.793. The summed E-state index contributed by atoms with van der Waals surface area (Å²) in [6.07, 6.45) is 6.64. The Balaban J connectivity index is 2.00. The summed E-state index contributed by atoms with van der Waals surface area (Å²) in [5.41, 5.74) is 0. The van der Waals surface area contributed by atoms with Crippen molar-refractivity contribution in [1.82, 2.24) is 19.6 Å². The Kier molecular flexibility index (Phi) is 3.31. The van der Waals surface area contributed by atoms with Crippen LogP contribution in [-0.2, 0) is 0 Å². The van der Waals surface area contributed by atoms with Crippen LogP contribution in [0.15, 0.2) is 12.4 Å². The highest BCUT2D eigenvalue weighted by molar-refractivity contribution is 6.29. The van der Waals surface area contributed by atoms with Crippen molar-refractivity contribution in [3.63, 3.8) is 0 Å². The maximum Gasteiger partial charge on any atom is 0.255 e. The van der Waals surface area contributed by atoms with E-state index in [0.29, 0.717) is 22.9 Å². The number of nitrogens with zero attached hydrogens (tertiary/aromatic N) is 5. The maximum absolute atomic E-state index is 6.08. The van der Waals surface area contributed by atoms with Crippen LogP contribution in [0.3, 0.4) is 0 Å². The van der Waals surface area contributed by atoms with Gasteiger partial charge in [0.25, 0.3) is 5.78 Å². The van der Waals surface area contributed by atoms with Gasteiger partial charge in [0.1, 0.15) is 17.3 Å². The van der Waals surface area contributed by atoms with Gasteiger partial charge in [-0.15, -0.1) is 0 Å². The largest absolute Gasteiger partial charge is 0.356 e. The van der Waals surface area contributed by atoms with Gasteiger partial charge in [-0.05, 0) is 18.8 Å². The second-order valence-electron chi connectivity index (χ2n) is 5.35. The first-order valence-corrected chi connectivity index (χ1v) is 7.13. The first kappa shape index (κ1) is 12.7. The van der Waals surface area contributed by atoms with Gasteiger partial charge >= 0.3 is 0 Å². The number of rotatable bonds is 2. The van der Waals surface area contributed by atoms with E-state index in [4.69, 9.17) is 11.6 Å². The fourth-order valence-corrected chi connectivity index (χ4v) is 3.24. The molecule has 0 amide bonds. The lowest BCUT2D eigenvalue weighted by Gasteiger charge is -2.37. The monoisotopic (exact) mass is 279 g/mol. The minimum atomic E-state index is 0.464. The van der Waals surface area contributed by atoms with E-state index < -0.39 is 0 Å². The van der Waals surface area contributed by atoms with Crippen LogP contribution in [0.4, 0.5) is 5.82 Å². The highest BCUT2D eigenvalue weighted by atomic mass is 35.5. The van der Waals surface area contributed by atoms with E-state index in [-0.39, 0.29) is 0 Å². The molecule has 6 heteroatoms. The summed E-state index contributed by atoms with van der Waals surface area (Å²) in [6.45, 7) is 2.32. The average molecular weight is 280 g/mol. The second kappa shape index (κ2) is 4.96. The van der Waals surface area contributed by atoms with Crippen molar-refractivity contribution in [3.8, 4) is 0 Å². The van der Waals surface area contributed by atoms with E-state index in [1.54, 1.807) is 4.52 Å². The van der Waals surface area contributed by atoms with E-state index >= 15 is 0 Å². The summed E-state index contributed by atoms with van der Waals surface area (Å²) >= 11 is 6.08. The molecule has 2 aromatic rings. The molecule has 0 aromatic carbocycles. The van der Waals surface area contributed by atoms with Crippen molar-refractivity contribution in [1.29, 1.82) is 0 Å². The van der Waals surface area contributed by atoms with Crippen LogP contribution in [0.5, 0.6) is 0 Å². The zero-order valence-corrected chi connectivity index (χ0v) is 12.0. The lowest BCUT2D eigenvalue weighted by molar-refractivity contribution is 0.320. The van der Waals surface area contributed by atoms with Gasteiger partial charge in [0.2, 0.25) is 0 Å². The molecule has 5 nitrogen and oxygen atoms in total. The van der Waals surface area contributed by atoms with E-state index in [1.807, 2.05) is 6.07 Å². The Bertz CT molecular complexity index is 581. The van der Waals surface area contributed by atoms with Crippen LogP contribution < -0.4 is 4.90 Å². The fourth-order valence-electron chi connectivity index (χ4n) is 3.06. The van der Waals surface area contributed by atoms with E-state index in [0.717, 1.165) is 5.82 Å². The Morgan fingerprint density at radius 1 is 1.37 bits per heavy atom. The average Bonchev–Trinajstić information content (AvgIpc) is 2.85. The molecule has 3 rings (SSSR count). The molecule has 1 aliphatic carbocycles. The zero-order valence-electron chi connectivity index (χ0n) is 11.3. The molecule has 19 heavy (non-hydrogen) atoms. The highest BCUT2D eigenvalue weighted by Crippen LogP contribution is 2.30. The summed E-state index contributed by atoms with van der Waals surface area (Å²) < 4.78 is 1.76. The van der Waals surface area contributed by atoms with E-state index in [9.17, 15) is 0 Å². The molecule has 0 saturated heterocycles. The molecule has 2 atom stereocenters. The Hall–Kier alpha value is -1.36. The third-order valence-corrected chi connectivity index (χ3v) is 4.32. The van der Waals surface area contributed by atoms with Gasteiger partial charge in [-0.3, -0.25) is 0 Å². The third kappa shape index (κ3) is 2.27. The first-order valence-electron chi connectivity index (χ1n) is 6.76. The van der Waals surface area contributed by atoms with Crippen molar-refractivity contribution < 1.29 is 0 Å². The fraction of sp³-hybridized carbons (Fsp3) is 0.615.